The molecule has 0 fully saturated rings. The molecule has 0 aromatic rings. The lowest BCUT2D eigenvalue weighted by Crippen LogP contribution is -2.41. The summed E-state index contributed by atoms with van der Waals surface area (Å²) >= 11 is 1.62. The number of thioether (sulfide) groups is 1. The van der Waals surface area contributed by atoms with Gasteiger partial charge in [0.15, 0.2) is 0 Å². The molecule has 0 aliphatic rings. The van der Waals surface area contributed by atoms with Crippen molar-refractivity contribution in [2.45, 2.75) is 38.8 Å². The van der Waals surface area contributed by atoms with Gasteiger partial charge in [0.1, 0.15) is 6.04 Å². The smallest absolute Gasteiger partial charge is 0.323 e. The predicted octanol–water partition coefficient (Wildman–Crippen LogP) is 1.51. The number of hydrogen-bond acceptors (Lipinski definition) is 4. The zero-order valence-electron chi connectivity index (χ0n) is 9.16. The van der Waals surface area contributed by atoms with E-state index in [2.05, 4.69) is 5.48 Å². The molecule has 0 aromatic heterocycles. The topological polar surface area (TPSA) is 58.6 Å². The quantitative estimate of drug-likeness (QED) is 0.666. The number of rotatable bonds is 6. The minimum absolute atomic E-state index is 0.368. The third-order valence-electron chi connectivity index (χ3n) is 1.42. The lowest BCUT2D eigenvalue weighted by molar-refractivity contribution is -0.150. The Labute approximate surface area is 89.4 Å². The Hall–Kier alpha value is -0.260. The van der Waals surface area contributed by atoms with Crippen LogP contribution in [0.4, 0.5) is 0 Å². The molecular formula is C9H19NO3S. The van der Waals surface area contributed by atoms with Crippen molar-refractivity contribution in [3.8, 4) is 0 Å². The fraction of sp³-hybridized carbons (Fsp3) is 0.889. The molecule has 0 heterocycles. The van der Waals surface area contributed by atoms with Crippen LogP contribution in [0.3, 0.4) is 0 Å². The van der Waals surface area contributed by atoms with Crippen LogP contribution in [-0.2, 0) is 9.63 Å². The molecule has 0 aliphatic heterocycles. The SMILES string of the molecule is CSCC[C@H](NOC(C)(C)C)C(=O)O. The third kappa shape index (κ3) is 7.17. The number of carboxylic acids is 1. The third-order valence-corrected chi connectivity index (χ3v) is 2.06. The summed E-state index contributed by atoms with van der Waals surface area (Å²) in [5.74, 6) is -0.0689. The summed E-state index contributed by atoms with van der Waals surface area (Å²) in [7, 11) is 0. The zero-order chi connectivity index (χ0) is 11.2. The molecule has 0 spiro atoms. The van der Waals surface area contributed by atoms with Crippen LogP contribution in [0.25, 0.3) is 0 Å². The van der Waals surface area contributed by atoms with Gasteiger partial charge in [0.2, 0.25) is 0 Å². The Kier molecular flexibility index (Phi) is 6.15. The maximum Gasteiger partial charge on any atom is 0.323 e. The molecule has 0 bridgehead atoms. The first-order valence-corrected chi connectivity index (χ1v) is 5.91. The molecule has 4 nitrogen and oxygen atoms in total. The fourth-order valence-electron chi connectivity index (χ4n) is 0.716. The predicted molar refractivity (Wildman–Crippen MR) is 58.4 cm³/mol. The second-order valence-electron chi connectivity index (χ2n) is 4.00. The van der Waals surface area contributed by atoms with Gasteiger partial charge in [-0.1, -0.05) is 0 Å². The number of hydroxylamine groups is 1. The molecule has 0 amide bonds. The first-order valence-electron chi connectivity index (χ1n) is 4.52. The molecular weight excluding hydrogens is 202 g/mol. The molecule has 0 rings (SSSR count). The minimum Gasteiger partial charge on any atom is -0.480 e. The summed E-state index contributed by atoms with van der Waals surface area (Å²) in [6.07, 6.45) is 2.51. The van der Waals surface area contributed by atoms with E-state index in [9.17, 15) is 4.79 Å². The first kappa shape index (κ1) is 13.7. The Morgan fingerprint density at radius 2 is 2.14 bits per heavy atom. The maximum absolute atomic E-state index is 10.8. The molecule has 0 radical (unpaired) electrons. The van der Waals surface area contributed by atoms with E-state index in [1.807, 2.05) is 27.0 Å². The molecule has 0 saturated heterocycles. The van der Waals surface area contributed by atoms with Gasteiger partial charge in [-0.15, -0.1) is 0 Å². The van der Waals surface area contributed by atoms with Gasteiger partial charge in [-0.25, -0.2) is 0 Å². The number of carbonyl (C=O) groups is 1. The van der Waals surface area contributed by atoms with E-state index in [-0.39, 0.29) is 5.60 Å². The lowest BCUT2D eigenvalue weighted by atomic mass is 10.2. The van der Waals surface area contributed by atoms with Gasteiger partial charge in [-0.3, -0.25) is 9.63 Å². The largest absolute Gasteiger partial charge is 0.480 e. The van der Waals surface area contributed by atoms with Crippen molar-refractivity contribution in [1.82, 2.24) is 5.48 Å². The van der Waals surface area contributed by atoms with Gasteiger partial charge in [-0.05, 0) is 39.2 Å². The van der Waals surface area contributed by atoms with Crippen LogP contribution in [0, 0.1) is 0 Å². The average Bonchev–Trinajstić information content (AvgIpc) is 2.01. The van der Waals surface area contributed by atoms with Crippen LogP contribution in [0.5, 0.6) is 0 Å². The van der Waals surface area contributed by atoms with Crippen LogP contribution < -0.4 is 5.48 Å². The van der Waals surface area contributed by atoms with Crippen molar-refractivity contribution in [3.63, 3.8) is 0 Å². The minimum atomic E-state index is -0.872. The van der Waals surface area contributed by atoms with Crippen molar-refractivity contribution in [2.24, 2.45) is 0 Å². The number of aliphatic carboxylic acids is 1. The Morgan fingerprint density at radius 1 is 1.57 bits per heavy atom. The highest BCUT2D eigenvalue weighted by molar-refractivity contribution is 7.98. The maximum atomic E-state index is 10.8. The molecule has 0 aromatic carbocycles. The molecule has 0 aliphatic carbocycles. The summed E-state index contributed by atoms with van der Waals surface area (Å²) in [6, 6.07) is -0.623. The van der Waals surface area contributed by atoms with E-state index in [1.54, 1.807) is 11.8 Å². The van der Waals surface area contributed by atoms with Crippen LogP contribution in [-0.4, -0.2) is 34.7 Å². The van der Waals surface area contributed by atoms with E-state index in [0.29, 0.717) is 6.42 Å². The van der Waals surface area contributed by atoms with Gasteiger partial charge < -0.3 is 5.11 Å². The van der Waals surface area contributed by atoms with Crippen molar-refractivity contribution in [2.75, 3.05) is 12.0 Å². The van der Waals surface area contributed by atoms with Gasteiger partial charge in [0.05, 0.1) is 5.60 Å². The molecule has 1 atom stereocenters. The summed E-state index contributed by atoms with van der Waals surface area (Å²) < 4.78 is 0. The van der Waals surface area contributed by atoms with Crippen LogP contribution in [0.15, 0.2) is 0 Å². The van der Waals surface area contributed by atoms with E-state index in [0.717, 1.165) is 5.75 Å². The van der Waals surface area contributed by atoms with Gasteiger partial charge in [-0.2, -0.15) is 17.2 Å². The van der Waals surface area contributed by atoms with Crippen LogP contribution in [0.1, 0.15) is 27.2 Å². The van der Waals surface area contributed by atoms with Gasteiger partial charge >= 0.3 is 5.97 Å². The highest BCUT2D eigenvalue weighted by Crippen LogP contribution is 2.07. The highest BCUT2D eigenvalue weighted by Gasteiger charge is 2.20. The van der Waals surface area contributed by atoms with Crippen molar-refractivity contribution in [1.29, 1.82) is 0 Å². The number of nitrogens with one attached hydrogen (secondary N) is 1. The molecule has 0 saturated carbocycles. The molecule has 84 valence electrons. The molecule has 2 N–H and O–H groups in total. The lowest BCUT2D eigenvalue weighted by Gasteiger charge is -2.22. The second kappa shape index (κ2) is 6.27. The monoisotopic (exact) mass is 221 g/mol. The zero-order valence-corrected chi connectivity index (χ0v) is 9.98. The summed E-state index contributed by atoms with van der Waals surface area (Å²) in [6.45, 7) is 5.61. The van der Waals surface area contributed by atoms with Crippen LogP contribution >= 0.6 is 11.8 Å². The Balaban J connectivity index is 3.91. The van der Waals surface area contributed by atoms with Crippen molar-refractivity contribution >= 4 is 17.7 Å². The first-order chi connectivity index (χ1) is 6.37. The van der Waals surface area contributed by atoms with Crippen molar-refractivity contribution < 1.29 is 14.7 Å². The van der Waals surface area contributed by atoms with Gasteiger partial charge in [0.25, 0.3) is 0 Å². The highest BCUT2D eigenvalue weighted by atomic mass is 32.2. The average molecular weight is 221 g/mol. The van der Waals surface area contributed by atoms with Crippen LogP contribution in [0.2, 0.25) is 0 Å². The normalized spacial score (nSPS) is 14.0. The molecule has 5 heteroatoms. The second-order valence-corrected chi connectivity index (χ2v) is 4.99. The standard InChI is InChI=1S/C9H19NO3S/c1-9(2,3)13-10-7(8(11)12)5-6-14-4/h7,10H,5-6H2,1-4H3,(H,11,12)/t7-/m0/s1. The van der Waals surface area contributed by atoms with E-state index in [4.69, 9.17) is 9.94 Å². The van der Waals surface area contributed by atoms with Crippen molar-refractivity contribution in [3.05, 3.63) is 0 Å². The van der Waals surface area contributed by atoms with E-state index >= 15 is 0 Å². The number of hydrogen-bond donors (Lipinski definition) is 2. The summed E-state index contributed by atoms with van der Waals surface area (Å²) in [5, 5.41) is 8.84. The fourth-order valence-corrected chi connectivity index (χ4v) is 1.19. The Morgan fingerprint density at radius 3 is 2.50 bits per heavy atom. The molecule has 14 heavy (non-hydrogen) atoms. The van der Waals surface area contributed by atoms with E-state index < -0.39 is 12.0 Å². The summed E-state index contributed by atoms with van der Waals surface area (Å²) in [5.41, 5.74) is 2.21. The number of carboxylic acid groups (broad SMARTS) is 1. The summed E-state index contributed by atoms with van der Waals surface area (Å²) in [4.78, 5) is 16.0. The Bertz CT molecular complexity index is 179. The molecule has 0 unspecified atom stereocenters. The van der Waals surface area contributed by atoms with Gasteiger partial charge in [0, 0.05) is 0 Å². The van der Waals surface area contributed by atoms with E-state index in [1.165, 1.54) is 0 Å².